The highest BCUT2D eigenvalue weighted by atomic mass is 16.5. The number of imide groups is 1. The van der Waals surface area contributed by atoms with Gasteiger partial charge in [0.05, 0.1) is 18.3 Å². The van der Waals surface area contributed by atoms with Crippen LogP contribution in [0.3, 0.4) is 0 Å². The lowest BCUT2D eigenvalue weighted by Crippen LogP contribution is -2.41. The molecule has 0 aliphatic carbocycles. The Hall–Kier alpha value is -3.19. The van der Waals surface area contributed by atoms with Crippen molar-refractivity contribution in [1.82, 2.24) is 10.6 Å². The van der Waals surface area contributed by atoms with Crippen molar-refractivity contribution in [3.63, 3.8) is 0 Å². The van der Waals surface area contributed by atoms with Gasteiger partial charge in [0.15, 0.2) is 0 Å². The van der Waals surface area contributed by atoms with Crippen LogP contribution in [0.1, 0.15) is 41.4 Å². The van der Waals surface area contributed by atoms with Gasteiger partial charge in [0.1, 0.15) is 0 Å². The Morgan fingerprint density at radius 1 is 0.964 bits per heavy atom. The lowest BCUT2D eigenvalue weighted by molar-refractivity contribution is -0.129. The van der Waals surface area contributed by atoms with Crippen molar-refractivity contribution in [3.8, 4) is 0 Å². The van der Waals surface area contributed by atoms with E-state index in [4.69, 9.17) is 9.47 Å². The minimum Gasteiger partial charge on any atom is -0.444 e. The largest absolute Gasteiger partial charge is 0.444 e. The number of benzene rings is 2. The SMILES string of the molecule is CNC(=O)NC(=O)[C@H](OC(=O)c1ccc(COC(C)C)cc1)c1ccccc1. The third-order valence-corrected chi connectivity index (χ3v) is 3.80. The molecule has 3 amide bonds. The van der Waals surface area contributed by atoms with Crippen molar-refractivity contribution < 1.29 is 23.9 Å². The maximum Gasteiger partial charge on any atom is 0.339 e. The second-order valence-electron chi connectivity index (χ2n) is 6.32. The fraction of sp³-hybridized carbons (Fsp3) is 0.286. The van der Waals surface area contributed by atoms with Gasteiger partial charge in [0.25, 0.3) is 5.91 Å². The number of hydrogen-bond acceptors (Lipinski definition) is 5. The zero-order valence-electron chi connectivity index (χ0n) is 16.1. The molecule has 2 N–H and O–H groups in total. The summed E-state index contributed by atoms with van der Waals surface area (Å²) in [5, 5.41) is 4.43. The molecule has 0 spiro atoms. The van der Waals surface area contributed by atoms with Crippen LogP contribution in [0, 0.1) is 0 Å². The molecule has 7 nitrogen and oxygen atoms in total. The quantitative estimate of drug-likeness (QED) is 0.716. The number of amides is 3. The van der Waals surface area contributed by atoms with E-state index in [-0.39, 0.29) is 6.10 Å². The molecule has 0 heterocycles. The lowest BCUT2D eigenvalue weighted by Gasteiger charge is -2.17. The molecule has 28 heavy (non-hydrogen) atoms. The molecule has 0 aromatic heterocycles. The van der Waals surface area contributed by atoms with E-state index >= 15 is 0 Å². The van der Waals surface area contributed by atoms with Crippen LogP contribution in [0.5, 0.6) is 0 Å². The molecule has 0 aliphatic rings. The maximum atomic E-state index is 12.5. The Kier molecular flexibility index (Phi) is 7.71. The zero-order chi connectivity index (χ0) is 20.5. The number of hydrogen-bond donors (Lipinski definition) is 2. The van der Waals surface area contributed by atoms with E-state index in [0.29, 0.717) is 17.7 Å². The third-order valence-electron chi connectivity index (χ3n) is 3.80. The lowest BCUT2D eigenvalue weighted by atomic mass is 10.1. The van der Waals surface area contributed by atoms with Gasteiger partial charge in [0.2, 0.25) is 6.10 Å². The number of urea groups is 1. The van der Waals surface area contributed by atoms with E-state index in [1.807, 2.05) is 13.8 Å². The molecule has 0 saturated heterocycles. The van der Waals surface area contributed by atoms with E-state index in [1.165, 1.54) is 7.05 Å². The fourth-order valence-electron chi connectivity index (χ4n) is 2.32. The van der Waals surface area contributed by atoms with E-state index in [2.05, 4.69) is 10.6 Å². The first kappa shape index (κ1) is 21.1. The van der Waals surface area contributed by atoms with Crippen molar-refractivity contribution in [1.29, 1.82) is 0 Å². The topological polar surface area (TPSA) is 93.7 Å². The van der Waals surface area contributed by atoms with Gasteiger partial charge in [-0.1, -0.05) is 42.5 Å². The van der Waals surface area contributed by atoms with Crippen LogP contribution in [0.15, 0.2) is 54.6 Å². The summed E-state index contributed by atoms with van der Waals surface area (Å²) in [6.45, 7) is 4.33. The van der Waals surface area contributed by atoms with Gasteiger partial charge in [-0.05, 0) is 31.5 Å². The van der Waals surface area contributed by atoms with Gasteiger partial charge in [-0.2, -0.15) is 0 Å². The highest BCUT2D eigenvalue weighted by Gasteiger charge is 2.26. The van der Waals surface area contributed by atoms with Crippen LogP contribution in [0.2, 0.25) is 0 Å². The van der Waals surface area contributed by atoms with E-state index in [1.54, 1.807) is 54.6 Å². The number of nitrogens with one attached hydrogen (secondary N) is 2. The Morgan fingerprint density at radius 2 is 1.61 bits per heavy atom. The van der Waals surface area contributed by atoms with Crippen molar-refractivity contribution in [2.75, 3.05) is 7.05 Å². The summed E-state index contributed by atoms with van der Waals surface area (Å²) in [6.07, 6.45) is -1.15. The molecular weight excluding hydrogens is 360 g/mol. The van der Waals surface area contributed by atoms with E-state index < -0.39 is 24.0 Å². The summed E-state index contributed by atoms with van der Waals surface area (Å²) in [5.41, 5.74) is 1.67. The second kappa shape index (κ2) is 10.2. The maximum absolute atomic E-state index is 12.5. The van der Waals surface area contributed by atoms with E-state index in [9.17, 15) is 14.4 Å². The molecule has 2 aromatic rings. The first-order valence-electron chi connectivity index (χ1n) is 8.89. The smallest absolute Gasteiger partial charge is 0.339 e. The average molecular weight is 384 g/mol. The van der Waals surface area contributed by atoms with Crippen LogP contribution in [-0.4, -0.2) is 31.1 Å². The number of carbonyl (C=O) groups is 3. The highest BCUT2D eigenvalue weighted by molar-refractivity contribution is 5.99. The van der Waals surface area contributed by atoms with Crippen molar-refractivity contribution >= 4 is 17.9 Å². The Labute approximate surface area is 164 Å². The monoisotopic (exact) mass is 384 g/mol. The Morgan fingerprint density at radius 3 is 2.18 bits per heavy atom. The molecule has 7 heteroatoms. The van der Waals surface area contributed by atoms with Crippen LogP contribution >= 0.6 is 0 Å². The Bertz CT molecular complexity index is 803. The summed E-state index contributed by atoms with van der Waals surface area (Å²) in [5.74, 6) is -1.40. The predicted molar refractivity (Wildman–Crippen MR) is 104 cm³/mol. The van der Waals surface area contributed by atoms with Crippen molar-refractivity contribution in [2.24, 2.45) is 0 Å². The molecular formula is C21H24N2O5. The number of ether oxygens (including phenoxy) is 2. The number of esters is 1. The van der Waals surface area contributed by atoms with Crippen LogP contribution in [0.25, 0.3) is 0 Å². The molecule has 0 fully saturated rings. The summed E-state index contributed by atoms with van der Waals surface area (Å²) in [6, 6.07) is 14.6. The van der Waals surface area contributed by atoms with Crippen LogP contribution in [-0.2, 0) is 20.9 Å². The molecule has 148 valence electrons. The Balaban J connectivity index is 2.13. The van der Waals surface area contributed by atoms with Gasteiger partial charge in [-0.3, -0.25) is 10.1 Å². The molecule has 0 bridgehead atoms. The van der Waals surface area contributed by atoms with Crippen molar-refractivity contribution in [2.45, 2.75) is 32.7 Å². The van der Waals surface area contributed by atoms with Crippen LogP contribution in [0.4, 0.5) is 4.79 Å². The predicted octanol–water partition coefficient (Wildman–Crippen LogP) is 2.97. The molecule has 0 radical (unpaired) electrons. The van der Waals surface area contributed by atoms with Crippen LogP contribution < -0.4 is 10.6 Å². The molecule has 2 rings (SSSR count). The van der Waals surface area contributed by atoms with Gasteiger partial charge < -0.3 is 14.8 Å². The molecule has 1 atom stereocenters. The third kappa shape index (κ3) is 6.21. The highest BCUT2D eigenvalue weighted by Crippen LogP contribution is 2.20. The zero-order valence-corrected chi connectivity index (χ0v) is 16.1. The molecule has 2 aromatic carbocycles. The summed E-state index contributed by atoms with van der Waals surface area (Å²) in [7, 11) is 1.39. The normalized spacial score (nSPS) is 11.6. The minimum atomic E-state index is -1.25. The number of rotatable bonds is 7. The minimum absolute atomic E-state index is 0.107. The molecule has 0 saturated carbocycles. The summed E-state index contributed by atoms with van der Waals surface area (Å²) in [4.78, 5) is 36.4. The molecule has 0 aliphatic heterocycles. The first-order chi connectivity index (χ1) is 13.4. The fourth-order valence-corrected chi connectivity index (χ4v) is 2.32. The van der Waals surface area contributed by atoms with Crippen molar-refractivity contribution in [3.05, 3.63) is 71.3 Å². The first-order valence-corrected chi connectivity index (χ1v) is 8.89. The van der Waals surface area contributed by atoms with E-state index in [0.717, 1.165) is 5.56 Å². The summed E-state index contributed by atoms with van der Waals surface area (Å²) < 4.78 is 10.9. The number of carbonyl (C=O) groups excluding carboxylic acids is 3. The standard InChI is InChI=1S/C21H24N2O5/c1-14(2)27-13-15-9-11-17(12-10-15)20(25)28-18(16-7-5-4-6-8-16)19(24)23-21(26)22-3/h4-12,14,18H,13H2,1-3H3,(H2,22,23,24,26)/t18-/m1/s1. The second-order valence-corrected chi connectivity index (χ2v) is 6.32. The summed E-state index contributed by atoms with van der Waals surface area (Å²) >= 11 is 0. The van der Waals surface area contributed by atoms with Gasteiger partial charge >= 0.3 is 12.0 Å². The van der Waals surface area contributed by atoms with Gasteiger partial charge in [-0.25, -0.2) is 9.59 Å². The van der Waals surface area contributed by atoms with Gasteiger partial charge in [-0.15, -0.1) is 0 Å². The molecule has 0 unspecified atom stereocenters. The van der Waals surface area contributed by atoms with Gasteiger partial charge in [0, 0.05) is 12.6 Å². The average Bonchev–Trinajstić information content (AvgIpc) is 2.71.